The molecule has 1 fully saturated rings. The van der Waals surface area contributed by atoms with Crippen LogP contribution in [0.4, 0.5) is 0 Å². The lowest BCUT2D eigenvalue weighted by atomic mass is 10.0. The predicted molar refractivity (Wildman–Crippen MR) is 91.5 cm³/mol. The maximum Gasteiger partial charge on any atom is 0.253 e. The van der Waals surface area contributed by atoms with Crippen LogP contribution < -0.4 is 0 Å². The van der Waals surface area contributed by atoms with Crippen LogP contribution in [0.2, 0.25) is 0 Å². The smallest absolute Gasteiger partial charge is 0.253 e. The molecule has 1 heterocycles. The van der Waals surface area contributed by atoms with Gasteiger partial charge in [-0.15, -0.1) is 0 Å². The number of carbonyl (C=O) groups is 2. The number of likely N-dealkylation sites (N-methyl/N-ethyl adjacent to an activating group) is 2. The van der Waals surface area contributed by atoms with Crippen LogP contribution in [0.15, 0.2) is 24.3 Å². The summed E-state index contributed by atoms with van der Waals surface area (Å²) in [5, 5.41) is 0. The first-order valence-corrected chi connectivity index (χ1v) is 8.12. The van der Waals surface area contributed by atoms with Gasteiger partial charge in [0.2, 0.25) is 5.91 Å². The van der Waals surface area contributed by atoms with E-state index >= 15 is 0 Å². The Morgan fingerprint density at radius 1 is 1.13 bits per heavy atom. The molecule has 5 nitrogen and oxygen atoms in total. The molecule has 0 bridgehead atoms. The van der Waals surface area contributed by atoms with Gasteiger partial charge in [-0.25, -0.2) is 0 Å². The lowest BCUT2D eigenvalue weighted by Gasteiger charge is -2.39. The van der Waals surface area contributed by atoms with Crippen LogP contribution >= 0.6 is 0 Å². The first-order valence-electron chi connectivity index (χ1n) is 8.12. The number of nitrogens with zero attached hydrogens (tertiary/aromatic N) is 3. The maximum atomic E-state index is 12.7. The molecular weight excluding hydrogens is 290 g/mol. The number of carbonyl (C=O) groups excluding carboxylic acids is 2. The molecule has 2 rings (SSSR count). The Morgan fingerprint density at radius 3 is 2.26 bits per heavy atom. The number of hydrogen-bond acceptors (Lipinski definition) is 3. The third-order valence-electron chi connectivity index (χ3n) is 4.49. The second-order valence-corrected chi connectivity index (χ2v) is 6.76. The second-order valence-electron chi connectivity index (χ2n) is 6.76. The second kappa shape index (κ2) is 7.13. The number of piperazine rings is 1. The Hall–Kier alpha value is -1.88. The number of benzene rings is 1. The SMILES string of the molecule is CC(C)c1ccc(C(=O)N2CCN(C)C(C(=O)N(C)C)C2)cc1. The fourth-order valence-electron chi connectivity index (χ4n) is 2.82. The molecule has 0 radical (unpaired) electrons. The van der Waals surface area contributed by atoms with Gasteiger partial charge >= 0.3 is 0 Å². The van der Waals surface area contributed by atoms with Crippen molar-refractivity contribution in [1.82, 2.24) is 14.7 Å². The summed E-state index contributed by atoms with van der Waals surface area (Å²) in [5.41, 5.74) is 1.91. The van der Waals surface area contributed by atoms with Gasteiger partial charge in [0.1, 0.15) is 6.04 Å². The van der Waals surface area contributed by atoms with Crippen LogP contribution in [0.1, 0.15) is 35.7 Å². The third kappa shape index (κ3) is 3.91. The van der Waals surface area contributed by atoms with Gasteiger partial charge in [-0.3, -0.25) is 14.5 Å². The summed E-state index contributed by atoms with van der Waals surface area (Å²) >= 11 is 0. The largest absolute Gasteiger partial charge is 0.347 e. The molecule has 1 saturated heterocycles. The number of rotatable bonds is 3. The number of amides is 2. The van der Waals surface area contributed by atoms with E-state index in [1.54, 1.807) is 23.9 Å². The van der Waals surface area contributed by atoms with Crippen molar-refractivity contribution in [1.29, 1.82) is 0 Å². The predicted octanol–water partition coefficient (Wildman–Crippen LogP) is 1.65. The summed E-state index contributed by atoms with van der Waals surface area (Å²) in [5.74, 6) is 0.495. The fourth-order valence-corrected chi connectivity index (χ4v) is 2.82. The molecule has 2 amide bonds. The lowest BCUT2D eigenvalue weighted by molar-refractivity contribution is -0.135. The summed E-state index contributed by atoms with van der Waals surface area (Å²) < 4.78 is 0. The highest BCUT2D eigenvalue weighted by Crippen LogP contribution is 2.17. The summed E-state index contributed by atoms with van der Waals surface area (Å²) in [4.78, 5) is 30.4. The Balaban J connectivity index is 2.11. The van der Waals surface area contributed by atoms with Gasteiger partial charge < -0.3 is 9.80 Å². The molecular formula is C18H27N3O2. The van der Waals surface area contributed by atoms with Gasteiger partial charge in [0.15, 0.2) is 0 Å². The number of hydrogen-bond donors (Lipinski definition) is 0. The molecule has 5 heteroatoms. The van der Waals surface area contributed by atoms with Gasteiger partial charge in [-0.1, -0.05) is 26.0 Å². The Morgan fingerprint density at radius 2 is 1.74 bits per heavy atom. The van der Waals surface area contributed by atoms with Crippen molar-refractivity contribution in [2.75, 3.05) is 40.8 Å². The zero-order chi connectivity index (χ0) is 17.1. The van der Waals surface area contributed by atoms with Gasteiger partial charge in [0, 0.05) is 39.3 Å². The minimum atomic E-state index is -0.266. The van der Waals surface area contributed by atoms with Gasteiger partial charge in [-0.05, 0) is 30.7 Å². The van der Waals surface area contributed by atoms with Crippen LogP contribution in [-0.4, -0.2) is 73.3 Å². The van der Waals surface area contributed by atoms with Crippen molar-refractivity contribution in [3.63, 3.8) is 0 Å². The highest BCUT2D eigenvalue weighted by Gasteiger charge is 2.33. The Bertz CT molecular complexity index is 566. The molecule has 1 aromatic rings. The maximum absolute atomic E-state index is 12.7. The summed E-state index contributed by atoms with van der Waals surface area (Å²) in [6, 6.07) is 7.53. The fraction of sp³-hybridized carbons (Fsp3) is 0.556. The van der Waals surface area contributed by atoms with E-state index in [9.17, 15) is 9.59 Å². The molecule has 1 aromatic carbocycles. The lowest BCUT2D eigenvalue weighted by Crippen LogP contribution is -2.58. The molecule has 0 aromatic heterocycles. The first kappa shape index (κ1) is 17.5. The Labute approximate surface area is 138 Å². The van der Waals surface area contributed by atoms with Crippen LogP contribution in [-0.2, 0) is 4.79 Å². The average Bonchev–Trinajstić information content (AvgIpc) is 2.54. The summed E-state index contributed by atoms with van der Waals surface area (Å²) in [6.07, 6.45) is 0. The molecule has 0 aliphatic carbocycles. The molecule has 126 valence electrons. The van der Waals surface area contributed by atoms with E-state index in [2.05, 4.69) is 13.8 Å². The van der Waals surface area contributed by atoms with Crippen molar-refractivity contribution < 1.29 is 9.59 Å². The minimum absolute atomic E-state index is 0.00459. The van der Waals surface area contributed by atoms with E-state index in [0.717, 1.165) is 0 Å². The summed E-state index contributed by atoms with van der Waals surface area (Å²) in [7, 11) is 5.44. The normalized spacial score (nSPS) is 19.0. The van der Waals surface area contributed by atoms with Gasteiger partial charge in [0.05, 0.1) is 0 Å². The topological polar surface area (TPSA) is 43.9 Å². The summed E-state index contributed by atoms with van der Waals surface area (Å²) in [6.45, 7) is 6.07. The van der Waals surface area contributed by atoms with Crippen molar-refractivity contribution in [2.45, 2.75) is 25.8 Å². The van der Waals surface area contributed by atoms with E-state index in [1.165, 1.54) is 5.56 Å². The molecule has 23 heavy (non-hydrogen) atoms. The molecule has 1 atom stereocenters. The van der Waals surface area contributed by atoms with E-state index < -0.39 is 0 Å². The van der Waals surface area contributed by atoms with E-state index in [0.29, 0.717) is 31.1 Å². The zero-order valence-electron chi connectivity index (χ0n) is 14.7. The van der Waals surface area contributed by atoms with Crippen molar-refractivity contribution in [2.24, 2.45) is 0 Å². The highest BCUT2D eigenvalue weighted by atomic mass is 16.2. The van der Waals surface area contributed by atoms with Crippen LogP contribution in [0.25, 0.3) is 0 Å². The third-order valence-corrected chi connectivity index (χ3v) is 4.49. The van der Waals surface area contributed by atoms with Crippen LogP contribution in [0.5, 0.6) is 0 Å². The van der Waals surface area contributed by atoms with Crippen molar-refractivity contribution in [3.8, 4) is 0 Å². The van der Waals surface area contributed by atoms with E-state index in [4.69, 9.17) is 0 Å². The van der Waals surface area contributed by atoms with Crippen LogP contribution in [0, 0.1) is 0 Å². The molecule has 1 aliphatic rings. The standard InChI is InChI=1S/C18H27N3O2/c1-13(2)14-6-8-15(9-7-14)17(22)21-11-10-20(5)16(12-21)18(23)19(3)4/h6-9,13,16H,10-12H2,1-5H3. The van der Waals surface area contributed by atoms with E-state index in [-0.39, 0.29) is 17.9 Å². The van der Waals surface area contributed by atoms with Crippen LogP contribution in [0.3, 0.4) is 0 Å². The molecule has 0 spiro atoms. The Kier molecular flexibility index (Phi) is 5.42. The zero-order valence-corrected chi connectivity index (χ0v) is 14.7. The van der Waals surface area contributed by atoms with Gasteiger partial charge in [0.25, 0.3) is 5.91 Å². The average molecular weight is 317 g/mol. The monoisotopic (exact) mass is 317 g/mol. The first-order chi connectivity index (χ1) is 10.8. The minimum Gasteiger partial charge on any atom is -0.347 e. The van der Waals surface area contributed by atoms with Crippen molar-refractivity contribution in [3.05, 3.63) is 35.4 Å². The van der Waals surface area contributed by atoms with E-state index in [1.807, 2.05) is 36.2 Å². The molecule has 1 unspecified atom stereocenters. The molecule has 0 saturated carbocycles. The quantitative estimate of drug-likeness (QED) is 0.851. The van der Waals surface area contributed by atoms with Crippen molar-refractivity contribution >= 4 is 11.8 Å². The molecule has 1 aliphatic heterocycles. The molecule has 0 N–H and O–H groups in total. The van der Waals surface area contributed by atoms with Gasteiger partial charge in [-0.2, -0.15) is 0 Å². The highest BCUT2D eigenvalue weighted by molar-refractivity contribution is 5.95.